The largest absolute Gasteiger partial charge is 0.493 e. The minimum atomic E-state index is -1.40. The van der Waals surface area contributed by atoms with Gasteiger partial charge in [0.25, 0.3) is 5.09 Å². The molecule has 37 heavy (non-hydrogen) atoms. The number of benzene rings is 2. The van der Waals surface area contributed by atoms with E-state index in [0.717, 1.165) is 16.6 Å². The number of nitrogens with zero attached hydrogens (tertiary/aromatic N) is 3. The first-order valence-corrected chi connectivity index (χ1v) is 12.7. The zero-order chi connectivity index (χ0) is 26.2. The smallest absolute Gasteiger partial charge is 0.338 e. The van der Waals surface area contributed by atoms with Crippen LogP contribution in [0.1, 0.15) is 33.6 Å². The number of hydrogen-bond donors (Lipinski definition) is 1. The summed E-state index contributed by atoms with van der Waals surface area (Å²) >= 11 is 0. The maximum Gasteiger partial charge on any atom is 0.338 e. The van der Waals surface area contributed by atoms with E-state index in [0.29, 0.717) is 40.8 Å². The van der Waals surface area contributed by atoms with E-state index < -0.39 is 21.9 Å². The molecule has 0 saturated heterocycles. The van der Waals surface area contributed by atoms with Crippen LogP contribution in [-0.4, -0.2) is 43.4 Å². The molecule has 0 aliphatic carbocycles. The van der Waals surface area contributed by atoms with Crippen LogP contribution in [0.2, 0.25) is 0 Å². The highest BCUT2D eigenvalue weighted by atomic mass is 32.2. The summed E-state index contributed by atoms with van der Waals surface area (Å²) in [5.41, 5.74) is 3.91. The number of carbonyl (C=O) groups is 1. The maximum absolute atomic E-state index is 12.9. The zero-order valence-electron chi connectivity index (χ0n) is 19.9. The number of ether oxygens (including phenoxy) is 2. The summed E-state index contributed by atoms with van der Waals surface area (Å²) in [6, 6.07) is 15.4. The van der Waals surface area contributed by atoms with Gasteiger partial charge in [0.1, 0.15) is 12.4 Å². The minimum Gasteiger partial charge on any atom is -0.493 e. The molecular formula is C25H24N4O7S. The Hall–Kier alpha value is -4.32. The molecule has 0 radical (unpaired) electrons. The van der Waals surface area contributed by atoms with Gasteiger partial charge in [0, 0.05) is 18.2 Å². The number of carbonyl (C=O) groups excluding carboxylic acids is 1. The molecule has 2 aromatic carbocycles. The summed E-state index contributed by atoms with van der Waals surface area (Å²) in [6.45, 7) is 2.12. The Labute approximate surface area is 214 Å². The average Bonchev–Trinajstić information content (AvgIpc) is 3.34. The Morgan fingerprint density at radius 2 is 1.89 bits per heavy atom. The van der Waals surface area contributed by atoms with Crippen molar-refractivity contribution in [2.24, 2.45) is 0 Å². The van der Waals surface area contributed by atoms with E-state index >= 15 is 0 Å². The maximum atomic E-state index is 12.9. The third kappa shape index (κ3) is 6.88. The number of hydrogen-bond acceptors (Lipinski definition) is 9. The number of fused-ring (bicyclic) bond motifs is 1. The molecule has 0 spiro atoms. The predicted molar refractivity (Wildman–Crippen MR) is 134 cm³/mol. The lowest BCUT2D eigenvalue weighted by molar-refractivity contribution is -0.763. The highest BCUT2D eigenvalue weighted by Gasteiger charge is 2.15. The predicted octanol–water partition coefficient (Wildman–Crippen LogP) is 3.91. The molecule has 1 atom stereocenters. The molecule has 4 rings (SSSR count). The Kier molecular flexibility index (Phi) is 8.41. The van der Waals surface area contributed by atoms with Gasteiger partial charge in [-0.2, -0.15) is 0 Å². The van der Waals surface area contributed by atoms with Crippen LogP contribution < -0.4 is 4.74 Å². The van der Waals surface area contributed by atoms with Gasteiger partial charge in [-0.1, -0.05) is 24.3 Å². The van der Waals surface area contributed by atoms with E-state index in [9.17, 15) is 19.1 Å². The quantitative estimate of drug-likeness (QED) is 0.126. The molecule has 0 aliphatic rings. The van der Waals surface area contributed by atoms with Gasteiger partial charge in [-0.05, 0) is 42.8 Å². The fourth-order valence-electron chi connectivity index (χ4n) is 3.44. The summed E-state index contributed by atoms with van der Waals surface area (Å²) in [7, 11) is -1.40. The summed E-state index contributed by atoms with van der Waals surface area (Å²) in [4.78, 5) is 38.6. The lowest BCUT2D eigenvalue weighted by atomic mass is 10.1. The molecule has 1 unspecified atom stereocenters. The van der Waals surface area contributed by atoms with Gasteiger partial charge in [-0.15, -0.1) is 10.1 Å². The van der Waals surface area contributed by atoms with Gasteiger partial charge in [0.15, 0.2) is 5.16 Å². The van der Waals surface area contributed by atoms with Crippen molar-refractivity contribution in [3.8, 4) is 5.75 Å². The fraction of sp³-hybridized carbons (Fsp3) is 0.240. The van der Waals surface area contributed by atoms with E-state index in [-0.39, 0.29) is 19.0 Å². The number of aromatic nitrogens is 3. The van der Waals surface area contributed by atoms with E-state index in [1.807, 2.05) is 31.2 Å². The number of aromatic amines is 1. The van der Waals surface area contributed by atoms with Crippen molar-refractivity contribution < 1.29 is 28.4 Å². The van der Waals surface area contributed by atoms with Gasteiger partial charge in [0.05, 0.1) is 52.1 Å². The molecule has 12 heteroatoms. The van der Waals surface area contributed by atoms with Crippen LogP contribution in [0.25, 0.3) is 11.0 Å². The molecule has 2 aromatic heterocycles. The molecule has 0 aliphatic heterocycles. The topological polar surface area (TPSA) is 147 Å². The number of imidazole rings is 1. The lowest BCUT2D eigenvalue weighted by Gasteiger charge is -2.12. The first kappa shape index (κ1) is 25.8. The van der Waals surface area contributed by atoms with Crippen molar-refractivity contribution in [2.75, 3.05) is 13.2 Å². The van der Waals surface area contributed by atoms with E-state index in [4.69, 9.17) is 9.47 Å². The number of H-pyrrole nitrogens is 1. The second kappa shape index (κ2) is 12.1. The van der Waals surface area contributed by atoms with Crippen molar-refractivity contribution >= 4 is 27.8 Å². The number of pyridine rings is 1. The molecule has 4 aromatic rings. The number of para-hydroxylation sites is 2. The van der Waals surface area contributed by atoms with Crippen LogP contribution in [0.3, 0.4) is 0 Å². The fourth-order valence-corrected chi connectivity index (χ4v) is 4.54. The first-order chi connectivity index (χ1) is 17.9. The van der Waals surface area contributed by atoms with E-state index in [1.54, 1.807) is 24.4 Å². The number of rotatable bonds is 12. The number of esters is 1. The van der Waals surface area contributed by atoms with Gasteiger partial charge in [-0.3, -0.25) is 9.19 Å². The summed E-state index contributed by atoms with van der Waals surface area (Å²) in [5, 5.41) is 9.77. The molecular weight excluding hydrogens is 500 g/mol. The normalized spacial score (nSPS) is 11.7. The summed E-state index contributed by atoms with van der Waals surface area (Å²) < 4.78 is 24.0. The first-order valence-electron chi connectivity index (χ1n) is 11.3. The third-order valence-electron chi connectivity index (χ3n) is 5.42. The van der Waals surface area contributed by atoms with Gasteiger partial charge in [0.2, 0.25) is 0 Å². The highest BCUT2D eigenvalue weighted by molar-refractivity contribution is 7.84. The van der Waals surface area contributed by atoms with E-state index in [1.165, 1.54) is 12.1 Å². The van der Waals surface area contributed by atoms with Gasteiger partial charge >= 0.3 is 5.97 Å². The van der Waals surface area contributed by atoms with Crippen LogP contribution in [0, 0.1) is 17.0 Å². The minimum absolute atomic E-state index is 0.151. The van der Waals surface area contributed by atoms with Crippen LogP contribution in [0.4, 0.5) is 0 Å². The molecule has 1 N–H and O–H groups in total. The molecule has 11 nitrogen and oxygen atoms in total. The van der Waals surface area contributed by atoms with Crippen molar-refractivity contribution in [3.63, 3.8) is 0 Å². The monoisotopic (exact) mass is 524 g/mol. The SMILES string of the molecule is Cc1c(OCCCOC(=O)c2ccc(CO[N+](=O)[O-])cc2)ccnc1CS(=O)c1nc2ccccc2[nH]1. The summed E-state index contributed by atoms with van der Waals surface area (Å²) in [6.07, 6.45) is 2.07. The van der Waals surface area contributed by atoms with Crippen LogP contribution in [0.15, 0.2) is 66.0 Å². The highest BCUT2D eigenvalue weighted by Crippen LogP contribution is 2.22. The zero-order valence-corrected chi connectivity index (χ0v) is 20.7. The van der Waals surface area contributed by atoms with Gasteiger partial charge in [-0.25, -0.2) is 9.78 Å². The number of nitrogens with one attached hydrogen (secondary N) is 1. The van der Waals surface area contributed by atoms with Crippen LogP contribution in [-0.2, 0) is 32.7 Å². The molecule has 0 amide bonds. The van der Waals surface area contributed by atoms with Crippen LogP contribution >= 0.6 is 0 Å². The van der Waals surface area contributed by atoms with Gasteiger partial charge < -0.3 is 19.3 Å². The Morgan fingerprint density at radius 1 is 1.11 bits per heavy atom. The Balaban J connectivity index is 1.24. The van der Waals surface area contributed by atoms with Crippen molar-refractivity contribution in [2.45, 2.75) is 30.9 Å². The molecule has 0 saturated carbocycles. The average molecular weight is 525 g/mol. The molecule has 2 heterocycles. The third-order valence-corrected chi connectivity index (χ3v) is 6.58. The van der Waals surface area contributed by atoms with Crippen LogP contribution in [0.5, 0.6) is 5.75 Å². The Bertz CT molecular complexity index is 1390. The Morgan fingerprint density at radius 3 is 2.65 bits per heavy atom. The molecule has 192 valence electrons. The second-order valence-corrected chi connectivity index (χ2v) is 9.33. The van der Waals surface area contributed by atoms with E-state index in [2.05, 4.69) is 19.8 Å². The lowest BCUT2D eigenvalue weighted by Crippen LogP contribution is -2.10. The molecule has 0 fully saturated rings. The second-order valence-electron chi connectivity index (χ2n) is 7.96. The summed E-state index contributed by atoms with van der Waals surface area (Å²) in [5.74, 6) is 0.305. The van der Waals surface area contributed by atoms with Crippen molar-refractivity contribution in [3.05, 3.63) is 93.3 Å². The van der Waals surface area contributed by atoms with Crippen molar-refractivity contribution in [1.82, 2.24) is 15.0 Å². The standard InChI is InChI=1S/C25H24N4O7S/c1-17-22(16-37(33)25-27-20-5-2-3-6-21(20)28-25)26-12-11-23(17)34-13-4-14-35-24(30)19-9-7-18(8-10-19)15-36-29(31)32/h2-3,5-12H,4,13-16H2,1H3,(H,27,28). The van der Waals surface area contributed by atoms with Crippen molar-refractivity contribution in [1.29, 1.82) is 0 Å². The molecule has 0 bridgehead atoms.